The van der Waals surface area contributed by atoms with E-state index < -0.39 is 0 Å². The minimum atomic E-state index is -0.240. The Labute approximate surface area is 202 Å². The lowest BCUT2D eigenvalue weighted by molar-refractivity contribution is 0.0946. The van der Waals surface area contributed by atoms with Gasteiger partial charge in [0.25, 0.3) is 5.91 Å². The summed E-state index contributed by atoms with van der Waals surface area (Å²) in [7, 11) is 4.90. The summed E-state index contributed by atoms with van der Waals surface area (Å²) in [4.78, 5) is 16.9. The second-order valence-electron chi connectivity index (χ2n) is 7.43. The third-order valence-corrected chi connectivity index (χ3v) is 5.10. The Kier molecular flexibility index (Phi) is 7.36. The molecule has 11 nitrogen and oxygen atoms in total. The van der Waals surface area contributed by atoms with Gasteiger partial charge in [0.05, 0.1) is 19.9 Å². The highest BCUT2D eigenvalue weighted by Gasteiger charge is 2.17. The molecule has 1 aromatic carbocycles. The summed E-state index contributed by atoms with van der Waals surface area (Å²) in [5, 5.41) is 21.8. The number of rotatable bonds is 10. The maximum absolute atomic E-state index is 12.7. The lowest BCUT2D eigenvalue weighted by Crippen LogP contribution is -2.30. The van der Waals surface area contributed by atoms with Crippen LogP contribution in [0.2, 0.25) is 0 Å². The van der Waals surface area contributed by atoms with Gasteiger partial charge < -0.3 is 25.4 Å². The zero-order chi connectivity index (χ0) is 24.6. The van der Waals surface area contributed by atoms with Crippen LogP contribution in [0.25, 0.3) is 11.3 Å². The number of benzene rings is 1. The van der Waals surface area contributed by atoms with Crippen LogP contribution in [0.5, 0.6) is 11.5 Å². The molecule has 3 heterocycles. The zero-order valence-corrected chi connectivity index (χ0v) is 19.6. The van der Waals surface area contributed by atoms with Crippen LogP contribution in [0.1, 0.15) is 10.5 Å². The topological polar surface area (TPSA) is 128 Å². The van der Waals surface area contributed by atoms with E-state index >= 15 is 0 Å². The van der Waals surface area contributed by atoms with Crippen molar-refractivity contribution in [3.05, 3.63) is 66.5 Å². The van der Waals surface area contributed by atoms with Gasteiger partial charge >= 0.3 is 0 Å². The third kappa shape index (κ3) is 5.82. The quantitative estimate of drug-likeness (QED) is 0.297. The first kappa shape index (κ1) is 23.5. The molecule has 0 atom stereocenters. The van der Waals surface area contributed by atoms with Crippen LogP contribution in [0.3, 0.4) is 0 Å². The first-order chi connectivity index (χ1) is 17.1. The molecule has 0 fully saturated rings. The lowest BCUT2D eigenvalue weighted by atomic mass is 10.1. The Morgan fingerprint density at radius 2 is 1.77 bits per heavy atom. The highest BCUT2D eigenvalue weighted by molar-refractivity contribution is 5.94. The molecule has 1 amide bonds. The first-order valence-corrected chi connectivity index (χ1v) is 10.9. The number of nitrogens with zero attached hydrogens (tertiary/aromatic N) is 5. The van der Waals surface area contributed by atoms with Crippen LogP contribution in [-0.2, 0) is 7.05 Å². The maximum Gasteiger partial charge on any atom is 0.269 e. The minimum Gasteiger partial charge on any atom is -0.497 e. The maximum atomic E-state index is 12.7. The molecule has 4 aromatic rings. The number of methoxy groups -OCH3 is 2. The van der Waals surface area contributed by atoms with E-state index in [4.69, 9.17) is 9.47 Å². The van der Waals surface area contributed by atoms with Gasteiger partial charge in [-0.25, -0.2) is 4.98 Å². The molecule has 0 aliphatic rings. The van der Waals surface area contributed by atoms with E-state index in [1.807, 2.05) is 24.3 Å². The standard InChI is InChI=1S/C24H26N8O3/c1-32-19(15-18(31-32)17-14-16(34-2)7-8-20(17)35-3)24(33)27-13-12-26-22-9-10-23(30-29-22)28-21-6-4-5-11-25-21/h4-11,14-15H,12-13H2,1-3H3,(H,26,29)(H,27,33)(H,25,28,30). The summed E-state index contributed by atoms with van der Waals surface area (Å²) in [6.07, 6.45) is 1.70. The predicted octanol–water partition coefficient (Wildman–Crippen LogP) is 2.87. The molecule has 0 radical (unpaired) electrons. The number of aryl methyl sites for hydroxylation is 1. The highest BCUT2D eigenvalue weighted by atomic mass is 16.5. The summed E-state index contributed by atoms with van der Waals surface area (Å²) in [5.41, 5.74) is 1.78. The van der Waals surface area contributed by atoms with Crippen LogP contribution in [0.4, 0.5) is 17.5 Å². The Morgan fingerprint density at radius 3 is 2.49 bits per heavy atom. The molecule has 3 N–H and O–H groups in total. The van der Waals surface area contributed by atoms with E-state index in [1.165, 1.54) is 4.68 Å². The molecular weight excluding hydrogens is 448 g/mol. The Balaban J connectivity index is 1.31. The van der Waals surface area contributed by atoms with E-state index in [0.29, 0.717) is 53.4 Å². The first-order valence-electron chi connectivity index (χ1n) is 10.9. The SMILES string of the molecule is COc1ccc(OC)c(-c2cc(C(=O)NCCNc3ccc(Nc4ccccn4)nn3)n(C)n2)c1. The number of hydrogen-bond acceptors (Lipinski definition) is 9. The van der Waals surface area contributed by atoms with Crippen molar-refractivity contribution in [3.63, 3.8) is 0 Å². The average molecular weight is 475 g/mol. The molecule has 180 valence electrons. The molecule has 11 heteroatoms. The van der Waals surface area contributed by atoms with Crippen molar-refractivity contribution in [2.45, 2.75) is 0 Å². The van der Waals surface area contributed by atoms with Crippen LogP contribution < -0.4 is 25.4 Å². The number of anilines is 3. The Bertz CT molecular complexity index is 1280. The van der Waals surface area contributed by atoms with E-state index in [9.17, 15) is 4.79 Å². The number of carbonyl (C=O) groups is 1. The van der Waals surface area contributed by atoms with Crippen molar-refractivity contribution in [1.82, 2.24) is 30.3 Å². The molecule has 0 bridgehead atoms. The smallest absolute Gasteiger partial charge is 0.269 e. The summed E-state index contributed by atoms with van der Waals surface area (Å²) in [5.74, 6) is 2.94. The van der Waals surface area contributed by atoms with Crippen molar-refractivity contribution < 1.29 is 14.3 Å². The largest absolute Gasteiger partial charge is 0.497 e. The van der Waals surface area contributed by atoms with E-state index in [0.717, 1.165) is 5.56 Å². The lowest BCUT2D eigenvalue weighted by Gasteiger charge is -2.08. The van der Waals surface area contributed by atoms with Gasteiger partial charge in [-0.05, 0) is 48.5 Å². The van der Waals surface area contributed by atoms with E-state index in [2.05, 4.69) is 36.2 Å². The number of amides is 1. The molecule has 0 aliphatic carbocycles. The van der Waals surface area contributed by atoms with Gasteiger partial charge in [0.1, 0.15) is 28.8 Å². The summed E-state index contributed by atoms with van der Waals surface area (Å²) in [6.45, 7) is 0.860. The minimum absolute atomic E-state index is 0.240. The van der Waals surface area contributed by atoms with Gasteiger partial charge in [-0.15, -0.1) is 10.2 Å². The fourth-order valence-electron chi connectivity index (χ4n) is 3.34. The van der Waals surface area contributed by atoms with Crippen LogP contribution in [0.15, 0.2) is 60.8 Å². The number of ether oxygens (including phenoxy) is 2. The summed E-state index contributed by atoms with van der Waals surface area (Å²) >= 11 is 0. The summed E-state index contributed by atoms with van der Waals surface area (Å²) in [6, 6.07) is 16.3. The average Bonchev–Trinajstić information content (AvgIpc) is 3.29. The molecule has 0 saturated carbocycles. The number of hydrogen-bond donors (Lipinski definition) is 3. The number of carbonyl (C=O) groups excluding carboxylic acids is 1. The normalized spacial score (nSPS) is 10.5. The van der Waals surface area contributed by atoms with Crippen LogP contribution in [-0.4, -0.2) is 58.2 Å². The molecule has 35 heavy (non-hydrogen) atoms. The van der Waals surface area contributed by atoms with E-state index in [-0.39, 0.29) is 5.91 Å². The van der Waals surface area contributed by atoms with Crippen molar-refractivity contribution in [1.29, 1.82) is 0 Å². The Hall–Kier alpha value is -4.67. The number of aromatic nitrogens is 5. The molecular formula is C24H26N8O3. The molecule has 0 spiro atoms. The second kappa shape index (κ2) is 11.0. The number of pyridine rings is 1. The third-order valence-electron chi connectivity index (χ3n) is 5.10. The van der Waals surface area contributed by atoms with E-state index in [1.54, 1.807) is 57.8 Å². The van der Waals surface area contributed by atoms with Gasteiger partial charge in [0.15, 0.2) is 5.82 Å². The van der Waals surface area contributed by atoms with Gasteiger partial charge in [0, 0.05) is 31.9 Å². The summed E-state index contributed by atoms with van der Waals surface area (Å²) < 4.78 is 12.3. The second-order valence-corrected chi connectivity index (χ2v) is 7.43. The highest BCUT2D eigenvalue weighted by Crippen LogP contribution is 2.32. The van der Waals surface area contributed by atoms with Gasteiger partial charge in [-0.2, -0.15) is 5.10 Å². The van der Waals surface area contributed by atoms with Crippen LogP contribution >= 0.6 is 0 Å². The van der Waals surface area contributed by atoms with Crippen LogP contribution in [0, 0.1) is 0 Å². The Morgan fingerprint density at radius 1 is 0.943 bits per heavy atom. The molecule has 0 unspecified atom stereocenters. The van der Waals surface area contributed by atoms with Crippen molar-refractivity contribution >= 4 is 23.4 Å². The molecule has 0 saturated heterocycles. The predicted molar refractivity (Wildman–Crippen MR) is 132 cm³/mol. The molecule has 4 rings (SSSR count). The fourth-order valence-corrected chi connectivity index (χ4v) is 3.34. The van der Waals surface area contributed by atoms with Gasteiger partial charge in [-0.3, -0.25) is 9.48 Å². The van der Waals surface area contributed by atoms with Gasteiger partial charge in [0.2, 0.25) is 0 Å². The molecule has 0 aliphatic heterocycles. The molecule has 3 aromatic heterocycles. The van der Waals surface area contributed by atoms with Gasteiger partial charge in [-0.1, -0.05) is 6.07 Å². The number of nitrogens with one attached hydrogen (secondary N) is 3. The van der Waals surface area contributed by atoms with Crippen molar-refractivity contribution in [2.24, 2.45) is 7.05 Å². The van der Waals surface area contributed by atoms with Crippen molar-refractivity contribution in [3.8, 4) is 22.8 Å². The fraction of sp³-hybridized carbons (Fsp3) is 0.208. The zero-order valence-electron chi connectivity index (χ0n) is 19.6. The monoisotopic (exact) mass is 474 g/mol. The van der Waals surface area contributed by atoms with Crippen molar-refractivity contribution in [2.75, 3.05) is 37.9 Å².